The zero-order chi connectivity index (χ0) is 17.4. The maximum Gasteiger partial charge on any atom is 0.382 e. The molecule has 0 aromatic heterocycles. The molecule has 2 rings (SSSR count). The molecular weight excluding hydrogens is 756 g/mol. The van der Waals surface area contributed by atoms with Gasteiger partial charge in [-0.1, -0.05) is 0 Å². The molecule has 0 aliphatic rings. The minimum atomic E-state index is -2.52. The van der Waals surface area contributed by atoms with Crippen molar-refractivity contribution in [3.05, 3.63) is 50.2 Å². The highest BCUT2D eigenvalue weighted by atomic mass is 127. The van der Waals surface area contributed by atoms with E-state index in [-0.39, 0.29) is 17.1 Å². The fourth-order valence-electron chi connectivity index (χ4n) is 1.75. The molecule has 23 heavy (non-hydrogen) atoms. The average molecular weight is 764 g/mol. The topological polar surface area (TPSA) is 87.0 Å². The first-order chi connectivity index (χ1) is 10.6. The number of phenols is 1. The Morgan fingerprint density at radius 2 is 1.43 bits per heavy atom. The SMILES string of the molecule is O=C(O)[C@@](O)(Oc1cc(I)c(O)c(I)c1)c1cc(I)cc(I)c1. The molecule has 9 heteroatoms. The van der Waals surface area contributed by atoms with E-state index in [0.29, 0.717) is 7.14 Å². The highest BCUT2D eigenvalue weighted by Crippen LogP contribution is 2.34. The fraction of sp³-hybridized carbons (Fsp3) is 0.0714. The molecule has 5 nitrogen and oxygen atoms in total. The number of carboxylic acids is 1. The number of benzene rings is 2. The van der Waals surface area contributed by atoms with E-state index in [0.717, 1.165) is 7.14 Å². The summed E-state index contributed by atoms with van der Waals surface area (Å²) in [6, 6.07) is 7.87. The molecule has 0 radical (unpaired) electrons. The van der Waals surface area contributed by atoms with Crippen LogP contribution in [0.3, 0.4) is 0 Å². The highest BCUT2D eigenvalue weighted by Gasteiger charge is 2.42. The maximum atomic E-state index is 11.7. The highest BCUT2D eigenvalue weighted by molar-refractivity contribution is 14.1. The van der Waals surface area contributed by atoms with E-state index in [2.05, 4.69) is 0 Å². The van der Waals surface area contributed by atoms with E-state index in [1.165, 1.54) is 12.1 Å². The normalized spacial score (nSPS) is 13.4. The van der Waals surface area contributed by atoms with Gasteiger partial charge < -0.3 is 20.1 Å². The third-order valence-corrected chi connectivity index (χ3v) is 5.69. The lowest BCUT2D eigenvalue weighted by molar-refractivity contribution is -0.198. The summed E-state index contributed by atoms with van der Waals surface area (Å²) in [6.45, 7) is 0. The van der Waals surface area contributed by atoms with Crippen LogP contribution < -0.4 is 4.74 Å². The van der Waals surface area contributed by atoms with Gasteiger partial charge in [-0.3, -0.25) is 0 Å². The Labute approximate surface area is 186 Å². The van der Waals surface area contributed by atoms with Crippen molar-refractivity contribution in [1.29, 1.82) is 0 Å². The van der Waals surface area contributed by atoms with Crippen molar-refractivity contribution >= 4 is 96.3 Å². The molecule has 3 N–H and O–H groups in total. The van der Waals surface area contributed by atoms with Crippen molar-refractivity contribution in [3.8, 4) is 11.5 Å². The number of phenolic OH excluding ortho intramolecular Hbond substituents is 1. The number of carboxylic acid groups (broad SMARTS) is 1. The molecule has 0 bridgehead atoms. The second-order valence-electron chi connectivity index (χ2n) is 4.44. The summed E-state index contributed by atoms with van der Waals surface area (Å²) >= 11 is 7.89. The fourth-order valence-corrected chi connectivity index (χ4v) is 5.40. The second-order valence-corrected chi connectivity index (χ2v) is 9.26. The summed E-state index contributed by atoms with van der Waals surface area (Å²) in [5.41, 5.74) is 0.124. The van der Waals surface area contributed by atoms with Gasteiger partial charge in [0.25, 0.3) is 0 Å². The van der Waals surface area contributed by atoms with Gasteiger partial charge >= 0.3 is 11.8 Å². The van der Waals surface area contributed by atoms with Crippen LogP contribution in [0, 0.1) is 14.3 Å². The van der Waals surface area contributed by atoms with Crippen LogP contribution in [0.1, 0.15) is 5.56 Å². The van der Waals surface area contributed by atoms with Gasteiger partial charge in [-0.05, 0) is 121 Å². The number of aliphatic hydroxyl groups is 1. The Morgan fingerprint density at radius 3 is 1.87 bits per heavy atom. The molecule has 0 amide bonds. The molecule has 0 heterocycles. The quantitative estimate of drug-likeness (QED) is 0.323. The number of rotatable bonds is 4. The molecule has 0 saturated heterocycles. The van der Waals surface area contributed by atoms with Gasteiger partial charge in [0, 0.05) is 12.7 Å². The third-order valence-electron chi connectivity index (χ3n) is 2.80. The minimum absolute atomic E-state index is 0.0845. The molecule has 2 aromatic rings. The molecule has 0 unspecified atom stereocenters. The lowest BCUT2D eigenvalue weighted by Crippen LogP contribution is -2.41. The van der Waals surface area contributed by atoms with Gasteiger partial charge in [0.2, 0.25) is 0 Å². The van der Waals surface area contributed by atoms with Crippen molar-refractivity contribution < 1.29 is 24.9 Å². The molecular formula is C14H8I4O5. The lowest BCUT2D eigenvalue weighted by atomic mass is 10.1. The van der Waals surface area contributed by atoms with E-state index >= 15 is 0 Å². The summed E-state index contributed by atoms with van der Waals surface area (Å²) in [5.74, 6) is -3.81. The second kappa shape index (κ2) is 7.74. The largest absolute Gasteiger partial charge is 0.506 e. The molecule has 0 aliphatic carbocycles. The lowest BCUT2D eigenvalue weighted by Gasteiger charge is -2.25. The van der Waals surface area contributed by atoms with Crippen molar-refractivity contribution in [2.24, 2.45) is 0 Å². The van der Waals surface area contributed by atoms with Gasteiger partial charge in [0.15, 0.2) is 0 Å². The zero-order valence-electron chi connectivity index (χ0n) is 11.1. The number of ether oxygens (including phenoxy) is 1. The Kier molecular flexibility index (Phi) is 6.63. The molecule has 0 fully saturated rings. The number of aliphatic carboxylic acids is 1. The molecule has 1 atom stereocenters. The standard InChI is InChI=1S/C14H8I4O5/c15-7-1-6(2-8(16)3-7)14(22,13(20)21)23-9-4-10(17)12(19)11(18)5-9/h1-5,19,22H,(H,20,21)/t14-/m0/s1. The van der Waals surface area contributed by atoms with Crippen molar-refractivity contribution in [2.45, 2.75) is 5.79 Å². The van der Waals surface area contributed by atoms with Gasteiger partial charge in [-0.25, -0.2) is 4.79 Å². The summed E-state index contributed by atoms with van der Waals surface area (Å²) in [6.07, 6.45) is 0. The number of hydrogen-bond acceptors (Lipinski definition) is 4. The van der Waals surface area contributed by atoms with Crippen LogP contribution in [-0.2, 0) is 10.6 Å². The van der Waals surface area contributed by atoms with Crippen LogP contribution in [-0.4, -0.2) is 21.3 Å². The predicted octanol–water partition coefficient (Wildman–Crippen LogP) is 4.12. The first-order valence-corrected chi connectivity index (χ1v) is 10.2. The smallest absolute Gasteiger partial charge is 0.382 e. The van der Waals surface area contributed by atoms with E-state index < -0.39 is 11.8 Å². The van der Waals surface area contributed by atoms with E-state index in [9.17, 15) is 20.1 Å². The van der Waals surface area contributed by atoms with Gasteiger partial charge in [-0.15, -0.1) is 0 Å². The van der Waals surface area contributed by atoms with Crippen LogP contribution in [0.5, 0.6) is 11.5 Å². The molecule has 0 aliphatic heterocycles. The molecule has 2 aromatic carbocycles. The number of halogens is 4. The van der Waals surface area contributed by atoms with E-state index in [4.69, 9.17) is 4.74 Å². The van der Waals surface area contributed by atoms with E-state index in [1.54, 1.807) is 12.1 Å². The van der Waals surface area contributed by atoms with Crippen molar-refractivity contribution in [1.82, 2.24) is 0 Å². The van der Waals surface area contributed by atoms with Gasteiger partial charge in [0.05, 0.1) is 7.14 Å². The Hall–Kier alpha value is 0.390. The first-order valence-electron chi connectivity index (χ1n) is 5.93. The summed E-state index contributed by atoms with van der Waals surface area (Å²) < 4.78 is 7.95. The average Bonchev–Trinajstić information content (AvgIpc) is 2.43. The molecule has 122 valence electrons. The van der Waals surface area contributed by atoms with Crippen LogP contribution in [0.15, 0.2) is 30.3 Å². The Balaban J connectivity index is 2.52. The van der Waals surface area contributed by atoms with Crippen molar-refractivity contribution in [2.75, 3.05) is 0 Å². The van der Waals surface area contributed by atoms with Crippen LogP contribution in [0.25, 0.3) is 0 Å². The first kappa shape index (κ1) is 19.7. The van der Waals surface area contributed by atoms with Crippen LogP contribution in [0.2, 0.25) is 0 Å². The number of aromatic hydroxyl groups is 1. The molecule has 0 saturated carbocycles. The predicted molar refractivity (Wildman–Crippen MR) is 118 cm³/mol. The van der Waals surface area contributed by atoms with Gasteiger partial charge in [-0.2, -0.15) is 0 Å². The molecule has 0 spiro atoms. The number of hydrogen-bond donors (Lipinski definition) is 3. The van der Waals surface area contributed by atoms with Crippen LogP contribution in [0.4, 0.5) is 0 Å². The maximum absolute atomic E-state index is 11.7. The van der Waals surface area contributed by atoms with Crippen LogP contribution >= 0.6 is 90.4 Å². The summed E-state index contributed by atoms with van der Waals surface area (Å²) in [4.78, 5) is 11.7. The van der Waals surface area contributed by atoms with Crippen molar-refractivity contribution in [3.63, 3.8) is 0 Å². The van der Waals surface area contributed by atoms with Gasteiger partial charge in [0.1, 0.15) is 11.5 Å². The number of carbonyl (C=O) groups is 1. The summed E-state index contributed by atoms with van der Waals surface area (Å²) in [7, 11) is 0. The Bertz CT molecular complexity index is 737. The zero-order valence-corrected chi connectivity index (χ0v) is 19.7. The monoisotopic (exact) mass is 764 g/mol. The minimum Gasteiger partial charge on any atom is -0.506 e. The third kappa shape index (κ3) is 4.52. The van der Waals surface area contributed by atoms with E-state index in [1.807, 2.05) is 96.4 Å². The summed E-state index contributed by atoms with van der Waals surface area (Å²) in [5, 5.41) is 29.9. The Morgan fingerprint density at radius 1 is 0.957 bits per heavy atom.